The van der Waals surface area contributed by atoms with Crippen molar-refractivity contribution in [2.45, 2.75) is 19.8 Å². The molecule has 0 radical (unpaired) electrons. The zero-order chi connectivity index (χ0) is 18.8. The lowest BCUT2D eigenvalue weighted by Crippen LogP contribution is -2.42. The molecule has 0 spiro atoms. The van der Waals surface area contributed by atoms with E-state index in [0.717, 1.165) is 54.8 Å². The van der Waals surface area contributed by atoms with Crippen molar-refractivity contribution in [2.75, 3.05) is 26.7 Å². The summed E-state index contributed by atoms with van der Waals surface area (Å²) in [5, 5.41) is 12.7. The second-order valence-electron chi connectivity index (χ2n) is 7.10. The van der Waals surface area contributed by atoms with E-state index in [-0.39, 0.29) is 30.7 Å². The van der Waals surface area contributed by atoms with Gasteiger partial charge in [0.2, 0.25) is 0 Å². The lowest BCUT2D eigenvalue weighted by Gasteiger charge is -2.32. The van der Waals surface area contributed by atoms with Gasteiger partial charge in [0.05, 0.1) is 16.9 Å². The highest BCUT2D eigenvalue weighted by molar-refractivity contribution is 5.94. The van der Waals surface area contributed by atoms with E-state index in [1.54, 1.807) is 10.9 Å². The van der Waals surface area contributed by atoms with Crippen LogP contribution < -0.4 is 5.32 Å². The van der Waals surface area contributed by atoms with Gasteiger partial charge < -0.3 is 10.2 Å². The largest absolute Gasteiger partial charge is 0.337 e. The number of hydrogen-bond acceptors (Lipinski definition) is 5. The highest BCUT2D eigenvalue weighted by Crippen LogP contribution is 2.23. The summed E-state index contributed by atoms with van der Waals surface area (Å²) in [7, 11) is 1.95. The minimum absolute atomic E-state index is 0. The van der Waals surface area contributed by atoms with E-state index >= 15 is 0 Å². The van der Waals surface area contributed by atoms with Crippen LogP contribution in [0.15, 0.2) is 36.5 Å². The van der Waals surface area contributed by atoms with E-state index in [4.69, 9.17) is 0 Å². The molecule has 1 saturated heterocycles. The summed E-state index contributed by atoms with van der Waals surface area (Å²) < 4.78 is 1.72. The molecule has 1 unspecified atom stereocenters. The molecule has 1 atom stereocenters. The van der Waals surface area contributed by atoms with E-state index in [9.17, 15) is 4.79 Å². The molecule has 1 aliphatic heterocycles. The van der Waals surface area contributed by atoms with E-state index in [2.05, 4.69) is 20.6 Å². The van der Waals surface area contributed by atoms with E-state index in [1.165, 1.54) is 0 Å². The second-order valence-corrected chi connectivity index (χ2v) is 7.10. The number of nitrogens with zero attached hydrogens (tertiary/aromatic N) is 5. The molecule has 29 heavy (non-hydrogen) atoms. The summed E-state index contributed by atoms with van der Waals surface area (Å²) in [6, 6.07) is 9.86. The number of carbonyl (C=O) groups is 1. The monoisotopic (exact) mass is 436 g/mol. The third-order valence-corrected chi connectivity index (χ3v) is 5.24. The zero-order valence-electron chi connectivity index (χ0n) is 16.5. The Kier molecular flexibility index (Phi) is 7.96. The Morgan fingerprint density at radius 2 is 2.03 bits per heavy atom. The predicted molar refractivity (Wildman–Crippen MR) is 118 cm³/mol. The van der Waals surface area contributed by atoms with Gasteiger partial charge in [-0.3, -0.25) is 9.78 Å². The van der Waals surface area contributed by atoms with Crippen LogP contribution in [0.25, 0.3) is 16.6 Å². The molecule has 9 heteroatoms. The van der Waals surface area contributed by atoms with Crippen LogP contribution in [0.2, 0.25) is 0 Å². The lowest BCUT2D eigenvalue weighted by atomic mass is 9.97. The molecule has 1 aromatic carbocycles. The fraction of sp³-hybridized carbons (Fsp3) is 0.400. The summed E-state index contributed by atoms with van der Waals surface area (Å²) in [6.07, 6.45) is 3.94. The van der Waals surface area contributed by atoms with Gasteiger partial charge in [0.1, 0.15) is 0 Å². The van der Waals surface area contributed by atoms with Gasteiger partial charge in [-0.05, 0) is 51.4 Å². The summed E-state index contributed by atoms with van der Waals surface area (Å²) in [5.74, 6) is 0.457. The van der Waals surface area contributed by atoms with Crippen LogP contribution in [-0.4, -0.2) is 57.5 Å². The molecule has 1 aliphatic rings. The Morgan fingerprint density at radius 1 is 1.24 bits per heavy atom. The fourth-order valence-corrected chi connectivity index (χ4v) is 3.87. The number of amides is 1. The van der Waals surface area contributed by atoms with Crippen molar-refractivity contribution < 1.29 is 4.79 Å². The van der Waals surface area contributed by atoms with Gasteiger partial charge in [0, 0.05) is 24.7 Å². The van der Waals surface area contributed by atoms with Gasteiger partial charge in [0.15, 0.2) is 5.69 Å². The van der Waals surface area contributed by atoms with Crippen molar-refractivity contribution in [3.63, 3.8) is 0 Å². The number of fused-ring (bicyclic) bond motifs is 1. The minimum Gasteiger partial charge on any atom is -0.337 e. The number of carbonyl (C=O) groups excluding carboxylic acids is 1. The SMILES string of the molecule is CNCC1CCCN(C(=O)c2nnn(-c3cccc4cccnc34)c2C)C1.Cl.Cl. The highest BCUT2D eigenvalue weighted by atomic mass is 35.5. The molecule has 1 amide bonds. The number of aromatic nitrogens is 4. The maximum atomic E-state index is 13.1. The molecule has 7 nitrogen and oxygen atoms in total. The topological polar surface area (TPSA) is 75.9 Å². The number of halogens is 2. The summed E-state index contributed by atoms with van der Waals surface area (Å²) in [4.78, 5) is 19.4. The fourth-order valence-electron chi connectivity index (χ4n) is 3.87. The molecule has 0 aliphatic carbocycles. The first-order valence-electron chi connectivity index (χ1n) is 9.39. The van der Waals surface area contributed by atoms with Gasteiger partial charge >= 0.3 is 0 Å². The predicted octanol–water partition coefficient (Wildman–Crippen LogP) is 3.04. The molecule has 4 rings (SSSR count). The van der Waals surface area contributed by atoms with Crippen LogP contribution in [-0.2, 0) is 0 Å². The Bertz CT molecular complexity index is 969. The molecule has 0 bridgehead atoms. The molecular weight excluding hydrogens is 411 g/mol. The van der Waals surface area contributed by atoms with Crippen LogP contribution >= 0.6 is 24.8 Å². The van der Waals surface area contributed by atoms with Gasteiger partial charge in [-0.1, -0.05) is 23.4 Å². The lowest BCUT2D eigenvalue weighted by molar-refractivity contribution is 0.0667. The Labute approximate surface area is 182 Å². The third-order valence-electron chi connectivity index (χ3n) is 5.24. The van der Waals surface area contributed by atoms with E-state index in [1.807, 2.05) is 49.2 Å². The van der Waals surface area contributed by atoms with Crippen LogP contribution in [0.4, 0.5) is 0 Å². The summed E-state index contributed by atoms with van der Waals surface area (Å²) in [6.45, 7) is 4.37. The zero-order valence-corrected chi connectivity index (χ0v) is 18.2. The number of benzene rings is 1. The number of piperidine rings is 1. The first kappa shape index (κ1) is 23.1. The quantitative estimate of drug-likeness (QED) is 0.679. The van der Waals surface area contributed by atoms with Gasteiger partial charge in [0.25, 0.3) is 5.91 Å². The van der Waals surface area contributed by atoms with Crippen molar-refractivity contribution >= 4 is 41.6 Å². The Hall–Kier alpha value is -2.22. The smallest absolute Gasteiger partial charge is 0.276 e. The number of para-hydroxylation sites is 1. The molecule has 3 aromatic rings. The molecular formula is C20H26Cl2N6O. The first-order valence-corrected chi connectivity index (χ1v) is 9.39. The molecule has 156 valence electrons. The molecule has 1 N–H and O–H groups in total. The number of nitrogens with one attached hydrogen (secondary N) is 1. The Balaban J connectivity index is 0.00000150. The highest BCUT2D eigenvalue weighted by Gasteiger charge is 2.28. The average molecular weight is 437 g/mol. The summed E-state index contributed by atoms with van der Waals surface area (Å²) in [5.41, 5.74) is 2.85. The van der Waals surface area contributed by atoms with Crippen molar-refractivity contribution in [3.05, 3.63) is 47.9 Å². The maximum Gasteiger partial charge on any atom is 0.276 e. The van der Waals surface area contributed by atoms with Crippen molar-refractivity contribution in [2.24, 2.45) is 5.92 Å². The maximum absolute atomic E-state index is 13.1. The molecule has 1 fully saturated rings. The van der Waals surface area contributed by atoms with Crippen LogP contribution in [0.5, 0.6) is 0 Å². The minimum atomic E-state index is -0.0345. The van der Waals surface area contributed by atoms with E-state index < -0.39 is 0 Å². The molecule has 2 aromatic heterocycles. The van der Waals surface area contributed by atoms with Crippen LogP contribution in [0.3, 0.4) is 0 Å². The summed E-state index contributed by atoms with van der Waals surface area (Å²) >= 11 is 0. The number of rotatable bonds is 4. The van der Waals surface area contributed by atoms with Crippen LogP contribution in [0, 0.1) is 12.8 Å². The van der Waals surface area contributed by atoms with Crippen molar-refractivity contribution in [1.29, 1.82) is 0 Å². The Morgan fingerprint density at radius 3 is 2.83 bits per heavy atom. The van der Waals surface area contributed by atoms with Crippen LogP contribution in [0.1, 0.15) is 29.0 Å². The average Bonchev–Trinajstić information content (AvgIpc) is 3.08. The number of likely N-dealkylation sites (tertiary alicyclic amines) is 1. The first-order chi connectivity index (χ1) is 13.2. The molecule has 3 heterocycles. The second kappa shape index (κ2) is 10.0. The van der Waals surface area contributed by atoms with Gasteiger partial charge in [-0.15, -0.1) is 29.9 Å². The number of pyridine rings is 1. The standard InChI is InChI=1S/C20H24N6O.2ClH/c1-14-18(20(27)25-11-5-6-15(13-25)12-21-2)23-24-26(14)17-9-3-7-16-8-4-10-22-19(16)17;;/h3-4,7-10,15,21H,5-6,11-13H2,1-2H3;2*1H. The van der Waals surface area contributed by atoms with Gasteiger partial charge in [-0.25, -0.2) is 4.68 Å². The third kappa shape index (κ3) is 4.52. The van der Waals surface area contributed by atoms with E-state index in [0.29, 0.717) is 11.6 Å². The van der Waals surface area contributed by atoms with Crippen molar-refractivity contribution in [1.82, 2.24) is 30.2 Å². The van der Waals surface area contributed by atoms with Crippen molar-refractivity contribution in [3.8, 4) is 5.69 Å². The normalized spacial score (nSPS) is 16.2. The molecule has 0 saturated carbocycles. The number of hydrogen-bond donors (Lipinski definition) is 1. The van der Waals surface area contributed by atoms with Gasteiger partial charge in [-0.2, -0.15) is 0 Å².